The molecule has 0 saturated heterocycles. The lowest BCUT2D eigenvalue weighted by atomic mass is 10.3. The van der Waals surface area contributed by atoms with Gasteiger partial charge in [0, 0.05) is 28.7 Å². The van der Waals surface area contributed by atoms with Gasteiger partial charge in [0.05, 0.1) is 22.1 Å². The van der Waals surface area contributed by atoms with E-state index in [-0.39, 0.29) is 0 Å². The molecule has 4 nitrogen and oxygen atoms in total. The Labute approximate surface area is 154 Å². The largest absolute Gasteiger partial charge is 0.356 e. The van der Waals surface area contributed by atoms with Gasteiger partial charge in [-0.2, -0.15) is 0 Å². The number of aliphatic imine (C=N–C) groups is 1. The summed E-state index contributed by atoms with van der Waals surface area (Å²) >= 11 is 5.26. The van der Waals surface area contributed by atoms with Crippen LogP contribution in [0.2, 0.25) is 0 Å². The second-order valence-corrected chi connectivity index (χ2v) is 8.46. The van der Waals surface area contributed by atoms with Gasteiger partial charge in [-0.05, 0) is 36.9 Å². The Hall–Kier alpha value is -1.70. The summed E-state index contributed by atoms with van der Waals surface area (Å²) in [6, 6.07) is 8.55. The van der Waals surface area contributed by atoms with Crippen LogP contribution in [0.1, 0.15) is 14.8 Å². The van der Waals surface area contributed by atoms with Gasteiger partial charge in [0.1, 0.15) is 0 Å². The molecular weight excluding hydrogens is 356 g/mol. The molecule has 0 spiro atoms. The molecule has 7 heteroatoms. The predicted molar refractivity (Wildman–Crippen MR) is 106 cm³/mol. The van der Waals surface area contributed by atoms with Crippen molar-refractivity contribution in [3.8, 4) is 10.6 Å². The molecule has 0 saturated carbocycles. The van der Waals surface area contributed by atoms with Gasteiger partial charge in [-0.25, -0.2) is 4.98 Å². The van der Waals surface area contributed by atoms with Crippen LogP contribution in [0.15, 0.2) is 40.0 Å². The molecule has 2 N–H and O–H groups in total. The molecule has 126 valence electrons. The zero-order valence-electron chi connectivity index (χ0n) is 13.7. The Morgan fingerprint density at radius 3 is 2.79 bits per heavy atom. The first-order chi connectivity index (χ1) is 11.7. The van der Waals surface area contributed by atoms with Gasteiger partial charge < -0.3 is 10.6 Å². The maximum absolute atomic E-state index is 4.55. The van der Waals surface area contributed by atoms with E-state index in [0.717, 1.165) is 36.2 Å². The fraction of sp³-hybridized carbons (Fsp3) is 0.294. The Morgan fingerprint density at radius 2 is 2.08 bits per heavy atom. The van der Waals surface area contributed by atoms with Crippen molar-refractivity contribution in [1.29, 1.82) is 0 Å². The van der Waals surface area contributed by atoms with Crippen LogP contribution < -0.4 is 10.6 Å². The molecule has 0 amide bonds. The van der Waals surface area contributed by atoms with Gasteiger partial charge in [0.15, 0.2) is 5.96 Å². The van der Waals surface area contributed by atoms with Gasteiger partial charge in [-0.1, -0.05) is 6.07 Å². The summed E-state index contributed by atoms with van der Waals surface area (Å²) in [7, 11) is 1.80. The minimum atomic E-state index is 0.809. The van der Waals surface area contributed by atoms with Crippen LogP contribution in [0.25, 0.3) is 10.6 Å². The normalized spacial score (nSPS) is 11.7. The Balaban J connectivity index is 1.46. The molecule has 3 heterocycles. The summed E-state index contributed by atoms with van der Waals surface area (Å²) in [6.07, 6.45) is 0.980. The molecule has 0 bridgehead atoms. The molecule has 24 heavy (non-hydrogen) atoms. The molecule has 0 aromatic carbocycles. The third-order valence-electron chi connectivity index (χ3n) is 3.43. The van der Waals surface area contributed by atoms with E-state index in [2.05, 4.69) is 55.6 Å². The summed E-state index contributed by atoms with van der Waals surface area (Å²) < 4.78 is 0. The number of nitrogens with zero attached hydrogens (tertiary/aromatic N) is 2. The first-order valence-corrected chi connectivity index (χ1v) is 10.3. The van der Waals surface area contributed by atoms with Gasteiger partial charge >= 0.3 is 0 Å². The zero-order chi connectivity index (χ0) is 16.8. The molecule has 0 aliphatic heterocycles. The fourth-order valence-electron chi connectivity index (χ4n) is 2.24. The van der Waals surface area contributed by atoms with Crippen molar-refractivity contribution in [1.82, 2.24) is 15.6 Å². The lowest BCUT2D eigenvalue weighted by molar-refractivity contribution is 0.804. The van der Waals surface area contributed by atoms with E-state index in [0.29, 0.717) is 0 Å². The molecule has 0 aliphatic carbocycles. The molecule has 3 aromatic rings. The highest BCUT2D eigenvalue weighted by Crippen LogP contribution is 2.29. The van der Waals surface area contributed by atoms with Crippen LogP contribution in [-0.4, -0.2) is 24.5 Å². The summed E-state index contributed by atoms with van der Waals surface area (Å²) in [5.74, 6) is 0.843. The Kier molecular flexibility index (Phi) is 6.01. The van der Waals surface area contributed by atoms with E-state index >= 15 is 0 Å². The monoisotopic (exact) mass is 376 g/mol. The molecule has 0 atom stereocenters. The van der Waals surface area contributed by atoms with Crippen molar-refractivity contribution < 1.29 is 0 Å². The molecule has 3 rings (SSSR count). The highest BCUT2D eigenvalue weighted by Gasteiger charge is 2.06. The molecule has 0 aliphatic rings. The second-order valence-electron chi connectivity index (χ2n) is 5.20. The summed E-state index contributed by atoms with van der Waals surface area (Å²) in [4.78, 5) is 12.7. The third kappa shape index (κ3) is 4.66. The number of nitrogens with one attached hydrogen (secondary N) is 2. The number of rotatable bonds is 6. The van der Waals surface area contributed by atoms with Crippen molar-refractivity contribution in [2.75, 3.05) is 13.6 Å². The number of thiophene rings is 2. The topological polar surface area (TPSA) is 49.3 Å². The van der Waals surface area contributed by atoms with E-state index in [4.69, 9.17) is 0 Å². The van der Waals surface area contributed by atoms with Crippen LogP contribution in [0.5, 0.6) is 0 Å². The Morgan fingerprint density at radius 1 is 1.17 bits per heavy atom. The van der Waals surface area contributed by atoms with Crippen LogP contribution in [0.4, 0.5) is 0 Å². The molecule has 3 aromatic heterocycles. The SMILES string of the molecule is CN=C(NCCc1ccc(-c2csc(C)n2)s1)NCc1cccs1. The van der Waals surface area contributed by atoms with Crippen LogP contribution in [0, 0.1) is 6.92 Å². The van der Waals surface area contributed by atoms with Gasteiger partial charge in [0.25, 0.3) is 0 Å². The number of aromatic nitrogens is 1. The van der Waals surface area contributed by atoms with E-state index in [9.17, 15) is 0 Å². The minimum Gasteiger partial charge on any atom is -0.356 e. The van der Waals surface area contributed by atoms with E-state index in [1.54, 1.807) is 29.7 Å². The summed E-state index contributed by atoms with van der Waals surface area (Å²) in [6.45, 7) is 3.71. The lowest BCUT2D eigenvalue weighted by Gasteiger charge is -2.10. The quantitative estimate of drug-likeness (QED) is 0.502. The van der Waals surface area contributed by atoms with Crippen molar-refractivity contribution in [3.05, 3.63) is 49.8 Å². The summed E-state index contributed by atoms with van der Waals surface area (Å²) in [5.41, 5.74) is 1.09. The van der Waals surface area contributed by atoms with Crippen molar-refractivity contribution in [2.24, 2.45) is 4.99 Å². The number of guanidine groups is 1. The van der Waals surface area contributed by atoms with E-state index < -0.39 is 0 Å². The van der Waals surface area contributed by atoms with Crippen LogP contribution in [0.3, 0.4) is 0 Å². The van der Waals surface area contributed by atoms with Crippen LogP contribution in [-0.2, 0) is 13.0 Å². The van der Waals surface area contributed by atoms with Crippen molar-refractivity contribution in [3.63, 3.8) is 0 Å². The minimum absolute atomic E-state index is 0.809. The van der Waals surface area contributed by atoms with E-state index in [1.807, 2.05) is 18.3 Å². The second kappa shape index (κ2) is 8.41. The molecule has 0 fully saturated rings. The van der Waals surface area contributed by atoms with Crippen molar-refractivity contribution in [2.45, 2.75) is 19.9 Å². The first kappa shape index (κ1) is 17.1. The first-order valence-electron chi connectivity index (χ1n) is 7.72. The standard InChI is InChI=1S/C17H20N4S3/c1-12-21-15(11-23-12)16-6-5-13(24-16)7-8-19-17(18-2)20-10-14-4-3-9-22-14/h3-6,9,11H,7-8,10H2,1-2H3,(H2,18,19,20). The van der Waals surface area contributed by atoms with Gasteiger partial charge in [-0.15, -0.1) is 34.0 Å². The smallest absolute Gasteiger partial charge is 0.191 e. The van der Waals surface area contributed by atoms with Crippen molar-refractivity contribution >= 4 is 40.0 Å². The highest BCUT2D eigenvalue weighted by atomic mass is 32.1. The van der Waals surface area contributed by atoms with Gasteiger partial charge in [-0.3, -0.25) is 4.99 Å². The third-order valence-corrected chi connectivity index (χ3v) is 6.25. The summed E-state index contributed by atoms with van der Waals surface area (Å²) in [5, 5.41) is 12.0. The lowest BCUT2D eigenvalue weighted by Crippen LogP contribution is -2.37. The van der Waals surface area contributed by atoms with E-state index in [1.165, 1.54) is 14.6 Å². The predicted octanol–water partition coefficient (Wildman–Crippen LogP) is 4.15. The maximum Gasteiger partial charge on any atom is 0.191 e. The highest BCUT2D eigenvalue weighted by molar-refractivity contribution is 7.16. The molecule has 0 unspecified atom stereocenters. The fourth-order valence-corrected chi connectivity index (χ4v) is 4.54. The van der Waals surface area contributed by atoms with Gasteiger partial charge in [0.2, 0.25) is 0 Å². The number of hydrogen-bond acceptors (Lipinski definition) is 5. The molecule has 0 radical (unpaired) electrons. The number of aryl methyl sites for hydroxylation is 1. The average molecular weight is 377 g/mol. The number of thiazole rings is 1. The zero-order valence-corrected chi connectivity index (χ0v) is 16.2. The Bertz CT molecular complexity index is 786. The molecular formula is C17H20N4S3. The van der Waals surface area contributed by atoms with Crippen LogP contribution >= 0.6 is 34.0 Å². The average Bonchev–Trinajstić information content (AvgIpc) is 3.32. The maximum atomic E-state index is 4.55. The number of hydrogen-bond donors (Lipinski definition) is 2.